The van der Waals surface area contributed by atoms with Gasteiger partial charge >= 0.3 is 22.3 Å². The van der Waals surface area contributed by atoms with Gasteiger partial charge < -0.3 is 14.4 Å². The zero-order valence-electron chi connectivity index (χ0n) is 19.4. The highest BCUT2D eigenvalue weighted by atomic mass is 32.2. The maximum atomic E-state index is 13.1. The summed E-state index contributed by atoms with van der Waals surface area (Å²) in [6.07, 6.45) is -3.99. The fourth-order valence-electron chi connectivity index (χ4n) is 3.29. The lowest BCUT2D eigenvalue weighted by atomic mass is 10.1. The molecule has 2 amide bonds. The van der Waals surface area contributed by atoms with Crippen molar-refractivity contribution in [2.24, 2.45) is 0 Å². The van der Waals surface area contributed by atoms with Gasteiger partial charge in [0.1, 0.15) is 16.5 Å². The molecule has 0 aliphatic heterocycles. The molecule has 1 atom stereocenters. The Morgan fingerprint density at radius 2 is 1.69 bits per heavy atom. The lowest BCUT2D eigenvalue weighted by molar-refractivity contribution is -0.137. The Morgan fingerprint density at radius 3 is 2.33 bits per heavy atom. The molecule has 0 spiro atoms. The van der Waals surface area contributed by atoms with Gasteiger partial charge in [0.15, 0.2) is 0 Å². The van der Waals surface area contributed by atoms with Gasteiger partial charge in [-0.1, -0.05) is 25.1 Å². The van der Waals surface area contributed by atoms with Crippen LogP contribution in [0.3, 0.4) is 0 Å². The van der Waals surface area contributed by atoms with Crippen LogP contribution in [-0.2, 0) is 22.8 Å². The number of nitrogens with zero attached hydrogens (tertiary/aromatic N) is 1. The zero-order chi connectivity index (χ0) is 26.5. The number of hydrogen-bond acceptors (Lipinski definition) is 4. The summed E-state index contributed by atoms with van der Waals surface area (Å²) in [4.78, 5) is 14.2. The lowest BCUT2D eigenvalue weighted by Crippen LogP contribution is -2.40. The minimum atomic E-state index is -4.55. The molecule has 0 aromatic heterocycles. The van der Waals surface area contributed by atoms with Crippen molar-refractivity contribution in [3.8, 4) is 5.75 Å². The maximum Gasteiger partial charge on any atom is 0.416 e. The molecule has 6 nitrogen and oxygen atoms in total. The van der Waals surface area contributed by atoms with Gasteiger partial charge in [-0.05, 0) is 73.5 Å². The van der Waals surface area contributed by atoms with Crippen LogP contribution in [0.25, 0.3) is 0 Å². The number of urea groups is 1. The molecular formula is C25H24F4N2O4S. The molecule has 0 saturated carbocycles. The summed E-state index contributed by atoms with van der Waals surface area (Å²) in [7, 11) is -4.22. The summed E-state index contributed by atoms with van der Waals surface area (Å²) in [6.45, 7) is 3.67. The lowest BCUT2D eigenvalue weighted by Gasteiger charge is -2.29. The fourth-order valence-corrected chi connectivity index (χ4v) is 4.21. The Labute approximate surface area is 206 Å². The number of carbonyl (C=O) groups excluding carboxylic acids is 1. The van der Waals surface area contributed by atoms with Crippen molar-refractivity contribution in [3.63, 3.8) is 0 Å². The van der Waals surface area contributed by atoms with E-state index in [1.54, 1.807) is 19.1 Å². The minimum Gasteiger partial charge on any atom is -0.379 e. The molecule has 36 heavy (non-hydrogen) atoms. The van der Waals surface area contributed by atoms with Crippen molar-refractivity contribution in [2.75, 3.05) is 5.32 Å². The van der Waals surface area contributed by atoms with E-state index in [-0.39, 0.29) is 28.9 Å². The molecule has 0 radical (unpaired) electrons. The number of halogens is 4. The standard InChI is InChI=1S/C25H24F4N2O4S/c1-3-17(2)31(24(32)30-21-8-5-7-19(15-21)25(27,28)29)16-18-6-4-9-22(14-18)35-36(33,34)23-12-10-20(26)11-13-23/h4-15,17H,3,16H2,1-2H3,(H,30,32). The van der Waals surface area contributed by atoms with Crippen LogP contribution < -0.4 is 9.50 Å². The van der Waals surface area contributed by atoms with Crippen molar-refractivity contribution in [3.05, 3.63) is 89.7 Å². The Hall–Kier alpha value is -3.60. The molecule has 0 fully saturated rings. The maximum absolute atomic E-state index is 13.1. The number of benzene rings is 3. The predicted octanol–water partition coefficient (Wildman–Crippen LogP) is 6.44. The summed E-state index contributed by atoms with van der Waals surface area (Å²) in [5.74, 6) is -0.608. The third-order valence-corrected chi connectivity index (χ3v) is 6.65. The average molecular weight is 525 g/mol. The highest BCUT2D eigenvalue weighted by molar-refractivity contribution is 7.87. The number of hydrogen-bond donors (Lipinski definition) is 1. The monoisotopic (exact) mass is 524 g/mol. The summed E-state index contributed by atoms with van der Waals surface area (Å²) in [5, 5.41) is 2.50. The van der Waals surface area contributed by atoms with E-state index in [0.29, 0.717) is 12.0 Å². The largest absolute Gasteiger partial charge is 0.416 e. The first-order valence-electron chi connectivity index (χ1n) is 10.9. The molecule has 0 aliphatic rings. The molecule has 3 rings (SSSR count). The van der Waals surface area contributed by atoms with Crippen molar-refractivity contribution in [1.29, 1.82) is 0 Å². The Morgan fingerprint density at radius 1 is 1.03 bits per heavy atom. The normalized spacial score (nSPS) is 12.6. The van der Waals surface area contributed by atoms with Crippen molar-refractivity contribution < 1.29 is 35.0 Å². The van der Waals surface area contributed by atoms with Gasteiger partial charge in [0, 0.05) is 18.3 Å². The number of carbonyl (C=O) groups is 1. The molecular weight excluding hydrogens is 500 g/mol. The number of alkyl halides is 3. The SMILES string of the molecule is CCC(C)N(Cc1cccc(OS(=O)(=O)c2ccc(F)cc2)c1)C(=O)Nc1cccc(C(F)(F)F)c1. The van der Waals surface area contributed by atoms with E-state index in [1.807, 2.05) is 6.92 Å². The van der Waals surface area contributed by atoms with Crippen LogP contribution in [0, 0.1) is 5.82 Å². The summed E-state index contributed by atoms with van der Waals surface area (Å²) >= 11 is 0. The van der Waals surface area contributed by atoms with Gasteiger partial charge in [0.25, 0.3) is 0 Å². The molecule has 0 heterocycles. The smallest absolute Gasteiger partial charge is 0.379 e. The zero-order valence-corrected chi connectivity index (χ0v) is 20.2. The van der Waals surface area contributed by atoms with E-state index in [2.05, 4.69) is 5.32 Å². The van der Waals surface area contributed by atoms with Crippen molar-refractivity contribution in [1.82, 2.24) is 4.90 Å². The minimum absolute atomic E-state index is 0.00870. The number of amides is 2. The number of anilines is 1. The molecule has 11 heteroatoms. The van der Waals surface area contributed by atoms with Gasteiger partial charge in [0.2, 0.25) is 0 Å². The molecule has 3 aromatic carbocycles. The average Bonchev–Trinajstić information content (AvgIpc) is 2.82. The van der Waals surface area contributed by atoms with Gasteiger partial charge in [-0.15, -0.1) is 0 Å². The van der Waals surface area contributed by atoms with Gasteiger partial charge in [0.05, 0.1) is 5.56 Å². The van der Waals surface area contributed by atoms with E-state index in [1.165, 1.54) is 29.2 Å². The van der Waals surface area contributed by atoms with Crippen molar-refractivity contribution >= 4 is 21.8 Å². The van der Waals surface area contributed by atoms with Crippen LogP contribution in [0.2, 0.25) is 0 Å². The van der Waals surface area contributed by atoms with Crippen LogP contribution in [0.5, 0.6) is 5.75 Å². The Bertz CT molecular complexity index is 1310. The number of nitrogens with one attached hydrogen (secondary N) is 1. The number of rotatable bonds is 8. The van der Waals surface area contributed by atoms with Gasteiger partial charge in [-0.3, -0.25) is 0 Å². The van der Waals surface area contributed by atoms with Gasteiger partial charge in [-0.2, -0.15) is 21.6 Å². The second kappa shape index (κ2) is 11.0. The first-order chi connectivity index (χ1) is 16.9. The molecule has 0 saturated heterocycles. The summed E-state index contributed by atoms with van der Waals surface area (Å²) in [6, 6.07) is 13.6. The Balaban J connectivity index is 1.78. The highest BCUT2D eigenvalue weighted by Crippen LogP contribution is 2.31. The third-order valence-electron chi connectivity index (χ3n) is 5.38. The molecule has 1 unspecified atom stereocenters. The first-order valence-corrected chi connectivity index (χ1v) is 12.3. The van der Waals surface area contributed by atoms with E-state index in [0.717, 1.165) is 36.4 Å². The van der Waals surface area contributed by atoms with Crippen LogP contribution in [0.4, 0.5) is 28.0 Å². The van der Waals surface area contributed by atoms with E-state index < -0.39 is 33.7 Å². The second-order valence-electron chi connectivity index (χ2n) is 8.03. The molecule has 3 aromatic rings. The molecule has 1 N–H and O–H groups in total. The fraction of sp³-hybridized carbons (Fsp3) is 0.240. The molecule has 0 bridgehead atoms. The topological polar surface area (TPSA) is 75.7 Å². The quantitative estimate of drug-likeness (QED) is 0.272. The van der Waals surface area contributed by atoms with Crippen LogP contribution in [-0.4, -0.2) is 25.4 Å². The predicted molar refractivity (Wildman–Crippen MR) is 126 cm³/mol. The molecule has 192 valence electrons. The van der Waals surface area contributed by atoms with Gasteiger partial charge in [-0.25, -0.2) is 9.18 Å². The van der Waals surface area contributed by atoms with E-state index in [4.69, 9.17) is 4.18 Å². The summed E-state index contributed by atoms with van der Waals surface area (Å²) < 4.78 is 82.4. The highest BCUT2D eigenvalue weighted by Gasteiger charge is 2.30. The van der Waals surface area contributed by atoms with E-state index >= 15 is 0 Å². The molecule has 0 aliphatic carbocycles. The third kappa shape index (κ3) is 6.97. The summed E-state index contributed by atoms with van der Waals surface area (Å²) in [5.41, 5.74) is -0.366. The van der Waals surface area contributed by atoms with Crippen LogP contribution in [0.15, 0.2) is 77.7 Å². The van der Waals surface area contributed by atoms with Crippen LogP contribution in [0.1, 0.15) is 31.4 Å². The first kappa shape index (κ1) is 27.0. The van der Waals surface area contributed by atoms with Crippen molar-refractivity contribution in [2.45, 2.75) is 43.9 Å². The second-order valence-corrected chi connectivity index (χ2v) is 9.58. The van der Waals surface area contributed by atoms with E-state index in [9.17, 15) is 30.8 Å². The Kier molecular flexibility index (Phi) is 8.24. The van der Waals surface area contributed by atoms with Crippen LogP contribution >= 0.6 is 0 Å².